The molecule has 0 saturated heterocycles. The molecule has 3 rings (SSSR count). The van der Waals surface area contributed by atoms with Crippen LogP contribution in [0.5, 0.6) is 0 Å². The second-order valence-corrected chi connectivity index (χ2v) is 5.46. The number of pyridine rings is 1. The number of fused-ring (bicyclic) bond motifs is 1. The summed E-state index contributed by atoms with van der Waals surface area (Å²) >= 11 is 5.03. The summed E-state index contributed by atoms with van der Waals surface area (Å²) in [4.78, 5) is 8.69. The molecule has 0 radical (unpaired) electrons. The minimum atomic E-state index is 0.495. The van der Waals surface area contributed by atoms with E-state index >= 15 is 0 Å². The summed E-state index contributed by atoms with van der Waals surface area (Å²) in [6.45, 7) is 0. The molecule has 0 aliphatic rings. The van der Waals surface area contributed by atoms with E-state index in [0.717, 1.165) is 20.6 Å². The molecule has 2 heterocycles. The number of nitrogens with zero attached hydrogens (tertiary/aromatic N) is 2. The fourth-order valence-electron chi connectivity index (χ4n) is 1.56. The van der Waals surface area contributed by atoms with Gasteiger partial charge >= 0.3 is 0 Å². The summed E-state index contributed by atoms with van der Waals surface area (Å²) in [6, 6.07) is 10.0. The molecule has 0 bridgehead atoms. The number of benzene rings is 1. The number of hydrogen-bond donors (Lipinski definition) is 1. The van der Waals surface area contributed by atoms with E-state index in [-0.39, 0.29) is 0 Å². The first-order valence-corrected chi connectivity index (χ1v) is 6.62. The van der Waals surface area contributed by atoms with Crippen LogP contribution >= 0.6 is 27.3 Å². The van der Waals surface area contributed by atoms with Crippen molar-refractivity contribution in [2.45, 2.75) is 0 Å². The van der Waals surface area contributed by atoms with Crippen molar-refractivity contribution < 1.29 is 0 Å². The van der Waals surface area contributed by atoms with Gasteiger partial charge in [-0.05, 0) is 34.1 Å². The molecule has 1 aromatic carbocycles. The molecule has 0 fully saturated rings. The van der Waals surface area contributed by atoms with Crippen molar-refractivity contribution in [2.75, 3.05) is 5.73 Å². The quantitative estimate of drug-likeness (QED) is 0.746. The van der Waals surface area contributed by atoms with Gasteiger partial charge in [0.15, 0.2) is 0 Å². The number of rotatable bonds is 1. The Labute approximate surface area is 110 Å². The van der Waals surface area contributed by atoms with Crippen LogP contribution in [0.4, 0.5) is 5.82 Å². The maximum atomic E-state index is 5.67. The topological polar surface area (TPSA) is 51.8 Å². The van der Waals surface area contributed by atoms with Crippen molar-refractivity contribution in [2.24, 2.45) is 0 Å². The highest BCUT2D eigenvalue weighted by molar-refractivity contribution is 9.10. The van der Waals surface area contributed by atoms with Gasteiger partial charge in [0.25, 0.3) is 0 Å². The van der Waals surface area contributed by atoms with Crippen molar-refractivity contribution >= 4 is 43.3 Å². The molecule has 3 aromatic rings. The summed E-state index contributed by atoms with van der Waals surface area (Å²) < 4.78 is 1.98. The smallest absolute Gasteiger partial charge is 0.137 e. The van der Waals surface area contributed by atoms with E-state index in [2.05, 4.69) is 32.0 Å². The lowest BCUT2D eigenvalue weighted by Crippen LogP contribution is -1.91. The van der Waals surface area contributed by atoms with Crippen LogP contribution in [0.25, 0.3) is 20.8 Å². The molecule has 0 aliphatic carbocycles. The molecule has 0 amide bonds. The monoisotopic (exact) mass is 305 g/mol. The molecule has 5 heteroatoms. The summed E-state index contributed by atoms with van der Waals surface area (Å²) in [7, 11) is 0. The number of halogens is 1. The van der Waals surface area contributed by atoms with Crippen molar-refractivity contribution in [3.8, 4) is 10.6 Å². The van der Waals surface area contributed by atoms with Gasteiger partial charge in [0.2, 0.25) is 0 Å². The molecular formula is C12H8BrN3S. The highest BCUT2D eigenvalue weighted by Gasteiger charge is 2.07. The van der Waals surface area contributed by atoms with Gasteiger partial charge in [-0.3, -0.25) is 0 Å². The van der Waals surface area contributed by atoms with E-state index in [4.69, 9.17) is 5.73 Å². The SMILES string of the molecule is Nc1ncc(-c2nc3ccccc3s2)cc1Br. The number of hydrogen-bond acceptors (Lipinski definition) is 4. The second-order valence-electron chi connectivity index (χ2n) is 3.58. The Balaban J connectivity index is 2.17. The molecule has 84 valence electrons. The van der Waals surface area contributed by atoms with Crippen molar-refractivity contribution in [1.82, 2.24) is 9.97 Å². The highest BCUT2D eigenvalue weighted by atomic mass is 79.9. The first-order chi connectivity index (χ1) is 8.24. The minimum Gasteiger partial charge on any atom is -0.383 e. The summed E-state index contributed by atoms with van der Waals surface area (Å²) in [5.41, 5.74) is 7.66. The maximum absolute atomic E-state index is 5.67. The van der Waals surface area contributed by atoms with Crippen LogP contribution in [-0.2, 0) is 0 Å². The molecule has 0 unspecified atom stereocenters. The number of aromatic nitrogens is 2. The molecule has 0 saturated carbocycles. The fourth-order valence-corrected chi connectivity index (χ4v) is 2.86. The summed E-state index contributed by atoms with van der Waals surface area (Å²) in [5, 5.41) is 0.958. The zero-order valence-electron chi connectivity index (χ0n) is 8.72. The number of nitrogen functional groups attached to an aromatic ring is 1. The zero-order chi connectivity index (χ0) is 11.8. The second kappa shape index (κ2) is 4.09. The molecule has 17 heavy (non-hydrogen) atoms. The van der Waals surface area contributed by atoms with Crippen LogP contribution < -0.4 is 5.73 Å². The average molecular weight is 306 g/mol. The minimum absolute atomic E-state index is 0.495. The third kappa shape index (κ3) is 1.92. The molecule has 0 atom stereocenters. The Morgan fingerprint density at radius 1 is 1.24 bits per heavy atom. The maximum Gasteiger partial charge on any atom is 0.137 e. The van der Waals surface area contributed by atoms with Gasteiger partial charge in [-0.2, -0.15) is 0 Å². The third-order valence-corrected chi connectivity index (χ3v) is 4.13. The first kappa shape index (κ1) is 10.7. The van der Waals surface area contributed by atoms with Gasteiger partial charge in [-0.25, -0.2) is 9.97 Å². The van der Waals surface area contributed by atoms with E-state index in [1.165, 1.54) is 4.70 Å². The Hall–Kier alpha value is -1.46. The zero-order valence-corrected chi connectivity index (χ0v) is 11.1. The third-order valence-electron chi connectivity index (χ3n) is 2.41. The van der Waals surface area contributed by atoms with E-state index in [1.54, 1.807) is 17.5 Å². The Kier molecular flexibility index (Phi) is 2.57. The van der Waals surface area contributed by atoms with Crippen molar-refractivity contribution in [3.63, 3.8) is 0 Å². The normalized spacial score (nSPS) is 10.9. The van der Waals surface area contributed by atoms with E-state index in [1.807, 2.05) is 24.3 Å². The van der Waals surface area contributed by atoms with E-state index in [0.29, 0.717) is 5.82 Å². The molecule has 0 spiro atoms. The van der Waals surface area contributed by atoms with Crippen LogP contribution in [0.1, 0.15) is 0 Å². The molecule has 0 aliphatic heterocycles. The Bertz CT molecular complexity index is 660. The molecular weight excluding hydrogens is 298 g/mol. The predicted octanol–water partition coefficient (Wildman–Crippen LogP) is 3.70. The highest BCUT2D eigenvalue weighted by Crippen LogP contribution is 2.31. The standard InChI is InChI=1S/C12H8BrN3S/c13-8-5-7(6-15-11(8)14)12-16-9-3-1-2-4-10(9)17-12/h1-6H,(H2,14,15). The summed E-state index contributed by atoms with van der Waals surface area (Å²) in [6.07, 6.45) is 1.75. The van der Waals surface area contributed by atoms with Gasteiger partial charge in [0.05, 0.1) is 14.7 Å². The van der Waals surface area contributed by atoms with Crippen LogP contribution in [0.3, 0.4) is 0 Å². The lowest BCUT2D eigenvalue weighted by molar-refractivity contribution is 1.31. The largest absolute Gasteiger partial charge is 0.383 e. The predicted molar refractivity (Wildman–Crippen MR) is 75.0 cm³/mol. The van der Waals surface area contributed by atoms with Crippen LogP contribution in [0.2, 0.25) is 0 Å². The number of para-hydroxylation sites is 1. The average Bonchev–Trinajstić information content (AvgIpc) is 2.76. The number of nitrogens with two attached hydrogens (primary N) is 1. The van der Waals surface area contributed by atoms with Gasteiger partial charge in [0, 0.05) is 11.8 Å². The first-order valence-electron chi connectivity index (χ1n) is 5.01. The van der Waals surface area contributed by atoms with Gasteiger partial charge in [0.1, 0.15) is 10.8 Å². The Morgan fingerprint density at radius 3 is 2.82 bits per heavy atom. The lowest BCUT2D eigenvalue weighted by atomic mass is 10.3. The van der Waals surface area contributed by atoms with Gasteiger partial charge < -0.3 is 5.73 Å². The number of thiazole rings is 1. The van der Waals surface area contributed by atoms with Crippen LogP contribution in [-0.4, -0.2) is 9.97 Å². The Morgan fingerprint density at radius 2 is 2.06 bits per heavy atom. The van der Waals surface area contributed by atoms with E-state index in [9.17, 15) is 0 Å². The molecule has 2 N–H and O–H groups in total. The van der Waals surface area contributed by atoms with E-state index < -0.39 is 0 Å². The summed E-state index contributed by atoms with van der Waals surface area (Å²) in [5.74, 6) is 0.495. The van der Waals surface area contributed by atoms with Crippen LogP contribution in [0, 0.1) is 0 Å². The van der Waals surface area contributed by atoms with Crippen LogP contribution in [0.15, 0.2) is 41.0 Å². The van der Waals surface area contributed by atoms with Crippen molar-refractivity contribution in [3.05, 3.63) is 41.0 Å². The van der Waals surface area contributed by atoms with Gasteiger partial charge in [-0.15, -0.1) is 11.3 Å². The lowest BCUT2D eigenvalue weighted by Gasteiger charge is -1.99. The molecule has 2 aromatic heterocycles. The van der Waals surface area contributed by atoms with Gasteiger partial charge in [-0.1, -0.05) is 12.1 Å². The van der Waals surface area contributed by atoms with Crippen molar-refractivity contribution in [1.29, 1.82) is 0 Å². The fraction of sp³-hybridized carbons (Fsp3) is 0. The molecule has 3 nitrogen and oxygen atoms in total. The number of anilines is 1.